The lowest BCUT2D eigenvalue weighted by molar-refractivity contribution is -0.144. The molecular formula is C26H36N2O3. The summed E-state index contributed by atoms with van der Waals surface area (Å²) in [5.41, 5.74) is 0.303. The number of nitrogens with zero attached hydrogens (tertiary/aromatic N) is 2. The third-order valence-corrected chi connectivity index (χ3v) is 8.22. The third kappa shape index (κ3) is 4.75. The molecule has 1 aromatic carbocycles. The number of hydrogen-bond donors (Lipinski definition) is 0. The minimum atomic E-state index is 0.185. The second-order valence-corrected chi connectivity index (χ2v) is 10.6. The van der Waals surface area contributed by atoms with Crippen LogP contribution in [0.15, 0.2) is 30.3 Å². The number of carbonyl (C=O) groups is 2. The molecule has 6 rings (SSSR count). The highest BCUT2D eigenvalue weighted by atomic mass is 16.5. The third-order valence-electron chi connectivity index (χ3n) is 8.22. The Labute approximate surface area is 186 Å². The summed E-state index contributed by atoms with van der Waals surface area (Å²) in [6.45, 7) is 3.28. The maximum absolute atomic E-state index is 13.1. The Morgan fingerprint density at radius 1 is 0.839 bits per heavy atom. The number of ether oxygens (including phenoxy) is 1. The van der Waals surface area contributed by atoms with Crippen molar-refractivity contribution in [3.63, 3.8) is 0 Å². The summed E-state index contributed by atoms with van der Waals surface area (Å²) in [6.07, 6.45) is 10.1. The minimum absolute atomic E-state index is 0.185. The zero-order chi connectivity index (χ0) is 21.3. The van der Waals surface area contributed by atoms with Crippen LogP contribution in [0.5, 0.6) is 5.75 Å². The summed E-state index contributed by atoms with van der Waals surface area (Å²) in [5, 5.41) is 0. The number of carbonyl (C=O) groups excluding carboxylic acids is 2. The molecule has 4 saturated carbocycles. The first-order chi connectivity index (χ1) is 15.1. The molecule has 0 N–H and O–H groups in total. The minimum Gasteiger partial charge on any atom is -0.494 e. The molecule has 0 unspecified atom stereocenters. The molecule has 168 valence electrons. The molecule has 4 aliphatic carbocycles. The average Bonchev–Trinajstić information content (AvgIpc) is 2.76. The summed E-state index contributed by atoms with van der Waals surface area (Å²) < 4.78 is 5.68. The zero-order valence-electron chi connectivity index (χ0n) is 18.6. The molecule has 0 aromatic heterocycles. The summed E-state index contributed by atoms with van der Waals surface area (Å²) >= 11 is 0. The first-order valence-corrected chi connectivity index (χ1v) is 12.3. The molecule has 1 saturated heterocycles. The first kappa shape index (κ1) is 20.8. The predicted octanol–water partition coefficient (Wildman–Crippen LogP) is 4.12. The molecule has 5 fully saturated rings. The van der Waals surface area contributed by atoms with Crippen molar-refractivity contribution < 1.29 is 14.3 Å². The van der Waals surface area contributed by atoms with Crippen LogP contribution in [0.1, 0.15) is 57.8 Å². The van der Waals surface area contributed by atoms with Crippen LogP contribution in [0.4, 0.5) is 0 Å². The molecule has 5 heteroatoms. The van der Waals surface area contributed by atoms with E-state index in [1.165, 1.54) is 38.5 Å². The van der Waals surface area contributed by atoms with Gasteiger partial charge in [-0.1, -0.05) is 18.2 Å². The van der Waals surface area contributed by atoms with Crippen molar-refractivity contribution >= 4 is 11.8 Å². The van der Waals surface area contributed by atoms with Gasteiger partial charge in [-0.2, -0.15) is 0 Å². The molecule has 0 spiro atoms. The Morgan fingerprint density at radius 2 is 1.39 bits per heavy atom. The van der Waals surface area contributed by atoms with Gasteiger partial charge >= 0.3 is 0 Å². The molecule has 2 amide bonds. The van der Waals surface area contributed by atoms with Gasteiger partial charge in [0, 0.05) is 39.0 Å². The SMILES string of the molecule is O=C(CCCOc1ccccc1)N1CCN(C(=O)CC23CC4CC(CC(C4)C2)C3)CC1. The number of hydrogen-bond acceptors (Lipinski definition) is 3. The van der Waals surface area contributed by atoms with Crippen LogP contribution in [-0.2, 0) is 9.59 Å². The lowest BCUT2D eigenvalue weighted by Crippen LogP contribution is -2.53. The molecule has 0 atom stereocenters. The Balaban J connectivity index is 1.03. The fraction of sp³-hybridized carbons (Fsp3) is 0.692. The smallest absolute Gasteiger partial charge is 0.223 e. The molecule has 31 heavy (non-hydrogen) atoms. The Morgan fingerprint density at radius 3 is 1.97 bits per heavy atom. The number of benzene rings is 1. The van der Waals surface area contributed by atoms with E-state index >= 15 is 0 Å². The second-order valence-electron chi connectivity index (χ2n) is 10.6. The number of rotatable bonds is 7. The van der Waals surface area contributed by atoms with Crippen molar-refractivity contribution in [1.82, 2.24) is 9.80 Å². The Hall–Kier alpha value is -2.04. The van der Waals surface area contributed by atoms with E-state index in [9.17, 15) is 9.59 Å². The van der Waals surface area contributed by atoms with Crippen molar-refractivity contribution in [2.24, 2.45) is 23.2 Å². The lowest BCUT2D eigenvalue weighted by Gasteiger charge is -2.57. The van der Waals surface area contributed by atoms with E-state index in [1.54, 1.807) is 0 Å². The lowest BCUT2D eigenvalue weighted by atomic mass is 9.49. The van der Waals surface area contributed by atoms with Gasteiger partial charge in [-0.15, -0.1) is 0 Å². The van der Waals surface area contributed by atoms with E-state index in [0.29, 0.717) is 50.5 Å². The van der Waals surface area contributed by atoms with Crippen LogP contribution in [0.3, 0.4) is 0 Å². The van der Waals surface area contributed by atoms with Crippen LogP contribution in [0.25, 0.3) is 0 Å². The van der Waals surface area contributed by atoms with E-state index in [-0.39, 0.29) is 5.91 Å². The molecule has 5 nitrogen and oxygen atoms in total. The summed E-state index contributed by atoms with van der Waals surface area (Å²) in [6, 6.07) is 9.72. The second kappa shape index (κ2) is 8.84. The highest BCUT2D eigenvalue weighted by molar-refractivity contribution is 5.79. The van der Waals surface area contributed by atoms with Crippen molar-refractivity contribution in [2.75, 3.05) is 32.8 Å². The summed E-state index contributed by atoms with van der Waals surface area (Å²) in [7, 11) is 0. The molecule has 1 aliphatic heterocycles. The normalized spacial score (nSPS) is 31.7. The predicted molar refractivity (Wildman–Crippen MR) is 120 cm³/mol. The van der Waals surface area contributed by atoms with Gasteiger partial charge in [0.05, 0.1) is 6.61 Å². The van der Waals surface area contributed by atoms with Crippen LogP contribution in [-0.4, -0.2) is 54.4 Å². The molecule has 1 aromatic rings. The van der Waals surface area contributed by atoms with Crippen molar-refractivity contribution in [2.45, 2.75) is 57.8 Å². The molecular weight excluding hydrogens is 388 g/mol. The molecule has 1 heterocycles. The largest absolute Gasteiger partial charge is 0.494 e. The fourth-order valence-electron chi connectivity index (χ4n) is 7.23. The van der Waals surface area contributed by atoms with Gasteiger partial charge in [0.2, 0.25) is 11.8 Å². The van der Waals surface area contributed by atoms with Gasteiger partial charge in [-0.3, -0.25) is 9.59 Å². The number of para-hydroxylation sites is 1. The topological polar surface area (TPSA) is 49.9 Å². The number of piperazine rings is 1. The van der Waals surface area contributed by atoms with Crippen molar-refractivity contribution in [3.05, 3.63) is 30.3 Å². The van der Waals surface area contributed by atoms with Crippen LogP contribution in [0, 0.1) is 23.2 Å². The standard InChI is InChI=1S/C26H36N2O3/c29-24(7-4-12-31-23-5-2-1-3-6-23)27-8-10-28(11-9-27)25(30)19-26-16-20-13-21(17-26)15-22(14-20)18-26/h1-3,5-6,20-22H,4,7-19H2. The van der Waals surface area contributed by atoms with Gasteiger partial charge in [0.25, 0.3) is 0 Å². The van der Waals surface area contributed by atoms with Gasteiger partial charge in [-0.25, -0.2) is 0 Å². The highest BCUT2D eigenvalue weighted by Crippen LogP contribution is 2.61. The monoisotopic (exact) mass is 424 g/mol. The van der Waals surface area contributed by atoms with E-state index in [2.05, 4.69) is 0 Å². The van der Waals surface area contributed by atoms with Gasteiger partial charge in [0.15, 0.2) is 0 Å². The molecule has 4 bridgehead atoms. The molecule has 0 radical (unpaired) electrons. The molecule has 5 aliphatic rings. The zero-order valence-corrected chi connectivity index (χ0v) is 18.6. The van der Waals surface area contributed by atoms with Crippen LogP contribution in [0.2, 0.25) is 0 Å². The maximum atomic E-state index is 13.1. The number of amides is 2. The van der Waals surface area contributed by atoms with Crippen LogP contribution < -0.4 is 4.74 Å². The quantitative estimate of drug-likeness (QED) is 0.619. The highest BCUT2D eigenvalue weighted by Gasteiger charge is 2.51. The average molecular weight is 425 g/mol. The van der Waals surface area contributed by atoms with Crippen LogP contribution >= 0.6 is 0 Å². The maximum Gasteiger partial charge on any atom is 0.223 e. The van der Waals surface area contributed by atoms with Gasteiger partial charge in [0.1, 0.15) is 5.75 Å². The Kier molecular flexibility index (Phi) is 5.94. The van der Waals surface area contributed by atoms with Crippen molar-refractivity contribution in [1.29, 1.82) is 0 Å². The van der Waals surface area contributed by atoms with Gasteiger partial charge in [-0.05, 0) is 80.2 Å². The van der Waals surface area contributed by atoms with Crippen molar-refractivity contribution in [3.8, 4) is 5.75 Å². The van der Waals surface area contributed by atoms with E-state index in [0.717, 1.165) is 36.3 Å². The van der Waals surface area contributed by atoms with E-state index in [1.807, 2.05) is 40.1 Å². The Bertz CT molecular complexity index is 750. The summed E-state index contributed by atoms with van der Waals surface area (Å²) in [5.74, 6) is 4.04. The van der Waals surface area contributed by atoms with Gasteiger partial charge < -0.3 is 14.5 Å². The van der Waals surface area contributed by atoms with E-state index in [4.69, 9.17) is 4.74 Å². The van der Waals surface area contributed by atoms with E-state index < -0.39 is 0 Å². The first-order valence-electron chi connectivity index (χ1n) is 12.3. The summed E-state index contributed by atoms with van der Waals surface area (Å²) in [4.78, 5) is 29.6. The fourth-order valence-corrected chi connectivity index (χ4v) is 7.23.